The molecular weight excluding hydrogens is 380 g/mol. The van der Waals surface area contributed by atoms with Crippen molar-refractivity contribution in [1.82, 2.24) is 4.98 Å². The van der Waals surface area contributed by atoms with Crippen LogP contribution in [0.5, 0.6) is 5.75 Å². The van der Waals surface area contributed by atoms with Crippen LogP contribution < -0.4 is 16.2 Å². The second-order valence-electron chi connectivity index (χ2n) is 7.41. The van der Waals surface area contributed by atoms with Crippen LogP contribution in [0.25, 0.3) is 5.57 Å². The van der Waals surface area contributed by atoms with Crippen LogP contribution in [0, 0.1) is 5.92 Å². The van der Waals surface area contributed by atoms with E-state index in [1.165, 1.54) is 32.1 Å². The van der Waals surface area contributed by atoms with Gasteiger partial charge in [-0.3, -0.25) is 4.79 Å². The van der Waals surface area contributed by atoms with Crippen molar-refractivity contribution in [2.24, 2.45) is 16.8 Å². The number of rotatable bonds is 8. The number of ether oxygens (including phenoxy) is 1. The molecule has 0 radical (unpaired) electrons. The van der Waals surface area contributed by atoms with Crippen LogP contribution in [-0.4, -0.2) is 24.4 Å². The third kappa shape index (κ3) is 5.59. The number of nitrogen functional groups attached to an aromatic ring is 1. The van der Waals surface area contributed by atoms with Crippen LogP contribution in [-0.2, 0) is 16.1 Å². The Balaban J connectivity index is 1.93. The topological polar surface area (TPSA) is 113 Å². The number of methoxy groups -OCH3 is 1. The molecule has 0 aliphatic heterocycles. The number of hydrogen-bond donors (Lipinski definition) is 2. The Morgan fingerprint density at radius 3 is 2.73 bits per heavy atom. The van der Waals surface area contributed by atoms with Crippen LogP contribution in [0.4, 0.5) is 5.69 Å². The van der Waals surface area contributed by atoms with Crippen LogP contribution in [0.15, 0.2) is 47.6 Å². The van der Waals surface area contributed by atoms with Gasteiger partial charge in [-0.1, -0.05) is 36.6 Å². The summed E-state index contributed by atoms with van der Waals surface area (Å²) in [6.45, 7) is 0.216. The van der Waals surface area contributed by atoms with Crippen molar-refractivity contribution in [1.29, 1.82) is 0 Å². The van der Waals surface area contributed by atoms with Crippen molar-refractivity contribution in [3.05, 3.63) is 59.4 Å². The van der Waals surface area contributed by atoms with Gasteiger partial charge in [-0.05, 0) is 48.6 Å². The van der Waals surface area contributed by atoms with Crippen molar-refractivity contribution in [3.63, 3.8) is 0 Å². The molecular formula is C23H28N4O3. The van der Waals surface area contributed by atoms with Gasteiger partial charge >= 0.3 is 6.47 Å². The standard InChI is InChI=1S/C23H28N4O3/c1-29-19-10-11-20(21(24)14-19)17(12-16-6-3-2-4-7-16)13-18-8-5-9-22(26-18)23(25)27-30-15-28/h5,8-12,14-16H,2-4,6-7,13,24H2,1H3,(H2,25,27)/b17-12+. The average molecular weight is 409 g/mol. The Hall–Kier alpha value is -3.35. The van der Waals surface area contributed by atoms with E-state index in [1.54, 1.807) is 13.2 Å². The number of hydrogen-bond acceptors (Lipinski definition) is 6. The highest BCUT2D eigenvalue weighted by Crippen LogP contribution is 2.33. The highest BCUT2D eigenvalue weighted by molar-refractivity contribution is 5.95. The molecule has 1 aliphatic carbocycles. The molecule has 0 unspecified atom stereocenters. The molecule has 1 saturated carbocycles. The molecule has 1 fully saturated rings. The number of amidine groups is 1. The molecule has 30 heavy (non-hydrogen) atoms. The molecule has 2 aromatic rings. The first-order valence-electron chi connectivity index (χ1n) is 10.1. The van der Waals surface area contributed by atoms with Gasteiger partial charge in [0.15, 0.2) is 5.84 Å². The summed E-state index contributed by atoms with van der Waals surface area (Å²) in [5, 5.41) is 3.53. The molecule has 1 aliphatic rings. The highest BCUT2D eigenvalue weighted by atomic mass is 16.7. The second kappa shape index (κ2) is 10.4. The smallest absolute Gasteiger partial charge is 0.323 e. The molecule has 1 aromatic heterocycles. The monoisotopic (exact) mass is 408 g/mol. The number of allylic oxidation sites excluding steroid dienone is 2. The molecule has 0 bridgehead atoms. The van der Waals surface area contributed by atoms with E-state index in [4.69, 9.17) is 16.2 Å². The van der Waals surface area contributed by atoms with E-state index in [1.807, 2.05) is 30.3 Å². The molecule has 1 aromatic carbocycles. The van der Waals surface area contributed by atoms with E-state index >= 15 is 0 Å². The summed E-state index contributed by atoms with van der Waals surface area (Å²) >= 11 is 0. The number of nitrogens with zero attached hydrogens (tertiary/aromatic N) is 2. The lowest BCUT2D eigenvalue weighted by Gasteiger charge is -2.21. The van der Waals surface area contributed by atoms with Crippen molar-refractivity contribution in [3.8, 4) is 5.75 Å². The molecule has 1 heterocycles. The zero-order valence-corrected chi connectivity index (χ0v) is 17.2. The van der Waals surface area contributed by atoms with Gasteiger partial charge in [-0.25, -0.2) is 4.98 Å². The minimum Gasteiger partial charge on any atom is -0.497 e. The van der Waals surface area contributed by atoms with E-state index in [0.29, 0.717) is 23.7 Å². The van der Waals surface area contributed by atoms with Gasteiger partial charge in [0.2, 0.25) is 0 Å². The lowest BCUT2D eigenvalue weighted by atomic mass is 9.85. The third-order valence-electron chi connectivity index (χ3n) is 5.33. The molecule has 0 spiro atoms. The first-order chi connectivity index (χ1) is 14.6. The van der Waals surface area contributed by atoms with Crippen molar-refractivity contribution in [2.45, 2.75) is 38.5 Å². The number of aromatic nitrogens is 1. The summed E-state index contributed by atoms with van der Waals surface area (Å²) in [5.74, 6) is 1.31. The minimum absolute atomic E-state index is 0.0470. The van der Waals surface area contributed by atoms with E-state index in [-0.39, 0.29) is 12.3 Å². The zero-order valence-electron chi connectivity index (χ0n) is 17.2. The number of carbonyl (C=O) groups is 1. The number of pyridine rings is 1. The lowest BCUT2D eigenvalue weighted by Crippen LogP contribution is -2.16. The maximum absolute atomic E-state index is 10.3. The maximum atomic E-state index is 10.3. The van der Waals surface area contributed by atoms with Crippen LogP contribution in [0.1, 0.15) is 49.1 Å². The first-order valence-corrected chi connectivity index (χ1v) is 10.1. The largest absolute Gasteiger partial charge is 0.497 e. The lowest BCUT2D eigenvalue weighted by molar-refractivity contribution is -0.128. The van der Waals surface area contributed by atoms with Gasteiger partial charge in [-0.2, -0.15) is 0 Å². The fourth-order valence-electron chi connectivity index (χ4n) is 3.83. The third-order valence-corrected chi connectivity index (χ3v) is 5.33. The molecule has 4 N–H and O–H groups in total. The number of benzene rings is 1. The number of carbonyl (C=O) groups excluding carboxylic acids is 1. The Bertz CT molecular complexity index is 934. The van der Waals surface area contributed by atoms with Gasteiger partial charge in [0, 0.05) is 29.4 Å². The van der Waals surface area contributed by atoms with Crippen LogP contribution in [0.3, 0.4) is 0 Å². The van der Waals surface area contributed by atoms with Gasteiger partial charge in [-0.15, -0.1) is 0 Å². The van der Waals surface area contributed by atoms with Crippen molar-refractivity contribution >= 4 is 23.6 Å². The number of oxime groups is 1. The molecule has 158 valence electrons. The Labute approximate surface area is 176 Å². The Morgan fingerprint density at radius 1 is 1.23 bits per heavy atom. The second-order valence-corrected chi connectivity index (χ2v) is 7.41. The van der Waals surface area contributed by atoms with E-state index in [2.05, 4.69) is 21.1 Å². The van der Waals surface area contributed by atoms with Crippen LogP contribution in [0.2, 0.25) is 0 Å². The molecule has 0 amide bonds. The normalized spacial score (nSPS) is 15.6. The summed E-state index contributed by atoms with van der Waals surface area (Å²) in [7, 11) is 1.63. The summed E-state index contributed by atoms with van der Waals surface area (Å²) in [6.07, 6.45) is 9.14. The SMILES string of the molecule is COc1ccc(/C(=C/C2CCCCC2)Cc2cccc(/C(N)=N/OC=O)n2)c(N)c1. The quantitative estimate of drug-likeness (QED) is 0.172. The fraction of sp³-hybridized carbons (Fsp3) is 0.348. The summed E-state index contributed by atoms with van der Waals surface area (Å²) in [6, 6.07) is 11.3. The summed E-state index contributed by atoms with van der Waals surface area (Å²) < 4.78 is 5.30. The van der Waals surface area contributed by atoms with E-state index in [9.17, 15) is 4.79 Å². The number of nitrogens with two attached hydrogens (primary N) is 2. The summed E-state index contributed by atoms with van der Waals surface area (Å²) in [4.78, 5) is 19.3. The van der Waals surface area contributed by atoms with Gasteiger partial charge < -0.3 is 21.0 Å². The van der Waals surface area contributed by atoms with Gasteiger partial charge in [0.1, 0.15) is 11.4 Å². The highest BCUT2D eigenvalue weighted by Gasteiger charge is 2.16. The first kappa shape index (κ1) is 21.4. The Kier molecular flexibility index (Phi) is 7.43. The zero-order chi connectivity index (χ0) is 21.3. The number of anilines is 1. The van der Waals surface area contributed by atoms with E-state index in [0.717, 1.165) is 22.6 Å². The predicted molar refractivity (Wildman–Crippen MR) is 118 cm³/mol. The minimum atomic E-state index is 0.0470. The van der Waals surface area contributed by atoms with E-state index < -0.39 is 0 Å². The molecule has 7 heteroatoms. The average Bonchev–Trinajstić information content (AvgIpc) is 2.78. The maximum Gasteiger partial charge on any atom is 0.323 e. The van der Waals surface area contributed by atoms with Crippen molar-refractivity contribution < 1.29 is 14.4 Å². The molecule has 0 atom stereocenters. The molecule has 0 saturated heterocycles. The fourth-order valence-corrected chi connectivity index (χ4v) is 3.83. The van der Waals surface area contributed by atoms with Crippen molar-refractivity contribution in [2.75, 3.05) is 12.8 Å². The predicted octanol–water partition coefficient (Wildman–Crippen LogP) is 3.67. The Morgan fingerprint density at radius 2 is 2.03 bits per heavy atom. The van der Waals surface area contributed by atoms with Crippen LogP contribution >= 0.6 is 0 Å². The van der Waals surface area contributed by atoms with Gasteiger partial charge in [0.25, 0.3) is 0 Å². The molecule has 3 rings (SSSR count). The molecule has 7 nitrogen and oxygen atoms in total. The van der Waals surface area contributed by atoms with Gasteiger partial charge in [0.05, 0.1) is 7.11 Å². The summed E-state index contributed by atoms with van der Waals surface area (Å²) in [5.41, 5.74) is 16.3.